The van der Waals surface area contributed by atoms with Crippen molar-refractivity contribution in [3.63, 3.8) is 0 Å². The minimum atomic E-state index is -0.590. The van der Waals surface area contributed by atoms with Crippen LogP contribution in [0.4, 0.5) is 5.69 Å². The van der Waals surface area contributed by atoms with Crippen LogP contribution in [-0.4, -0.2) is 16.6 Å². The fourth-order valence-electron chi connectivity index (χ4n) is 1.93. The summed E-state index contributed by atoms with van der Waals surface area (Å²) in [7, 11) is 0. The maximum Gasteiger partial charge on any atom is 0.365 e. The van der Waals surface area contributed by atoms with Crippen molar-refractivity contribution in [1.29, 1.82) is 0 Å². The second-order valence-electron chi connectivity index (χ2n) is 4.40. The molecule has 100 valence electrons. The highest BCUT2D eigenvalue weighted by Gasteiger charge is 2.12. The van der Waals surface area contributed by atoms with Crippen LogP contribution in [0.2, 0.25) is 0 Å². The molecule has 1 aromatic rings. The van der Waals surface area contributed by atoms with E-state index in [0.29, 0.717) is 0 Å². The Morgan fingerprint density at radius 3 is 2.37 bits per heavy atom. The van der Waals surface area contributed by atoms with Gasteiger partial charge in [-0.15, -0.1) is 0 Å². The zero-order valence-corrected chi connectivity index (χ0v) is 10.4. The first-order chi connectivity index (χ1) is 9.16. The van der Waals surface area contributed by atoms with Gasteiger partial charge in [-0.25, -0.2) is 4.79 Å². The molecule has 0 N–H and O–H groups in total. The molecule has 6 heteroatoms. The Balaban J connectivity index is 1.97. The number of hydrogen-bond acceptors (Lipinski definition) is 5. The van der Waals surface area contributed by atoms with Crippen molar-refractivity contribution in [3.05, 3.63) is 39.9 Å². The molecule has 0 spiro atoms. The van der Waals surface area contributed by atoms with Gasteiger partial charge in [0.15, 0.2) is 0 Å². The number of carbonyl (C=O) groups excluding carboxylic acids is 1. The van der Waals surface area contributed by atoms with Gasteiger partial charge in [-0.2, -0.15) is 0 Å². The van der Waals surface area contributed by atoms with E-state index in [0.717, 1.165) is 31.4 Å². The van der Waals surface area contributed by atoms with Crippen molar-refractivity contribution in [2.45, 2.75) is 32.1 Å². The van der Waals surface area contributed by atoms with Gasteiger partial charge in [-0.1, -0.05) is 11.6 Å². The molecule has 19 heavy (non-hydrogen) atoms. The summed E-state index contributed by atoms with van der Waals surface area (Å²) in [5.74, 6) is -0.590. The number of hydrogen-bond donors (Lipinski definition) is 0. The summed E-state index contributed by atoms with van der Waals surface area (Å²) in [6.07, 6.45) is 5.08. The van der Waals surface area contributed by atoms with Gasteiger partial charge in [0.2, 0.25) is 0 Å². The van der Waals surface area contributed by atoms with E-state index >= 15 is 0 Å². The fraction of sp³-hybridized carbons (Fsp3) is 0.385. The van der Waals surface area contributed by atoms with E-state index < -0.39 is 10.9 Å². The van der Waals surface area contributed by atoms with Gasteiger partial charge in [-0.05, 0) is 37.8 Å². The van der Waals surface area contributed by atoms with Crippen LogP contribution in [0.5, 0.6) is 0 Å². The van der Waals surface area contributed by atoms with Gasteiger partial charge >= 0.3 is 5.97 Å². The standard InChI is InChI=1S/C13H14N2O4/c16-13(19-14-11-4-2-1-3-5-11)10-6-8-12(9-7-10)15(17)18/h6-9H,1-5H2. The molecule has 2 rings (SSSR count). The lowest BCUT2D eigenvalue weighted by Gasteiger charge is -2.10. The van der Waals surface area contributed by atoms with Crippen LogP contribution in [0.15, 0.2) is 29.4 Å². The minimum Gasteiger partial charge on any atom is -0.313 e. The number of oxime groups is 1. The number of rotatable bonds is 3. The van der Waals surface area contributed by atoms with E-state index in [1.807, 2.05) is 0 Å². The van der Waals surface area contributed by atoms with E-state index in [2.05, 4.69) is 5.16 Å². The maximum absolute atomic E-state index is 11.7. The van der Waals surface area contributed by atoms with Crippen LogP contribution in [0, 0.1) is 10.1 Å². The lowest BCUT2D eigenvalue weighted by Crippen LogP contribution is -2.08. The van der Waals surface area contributed by atoms with E-state index in [1.54, 1.807) is 0 Å². The van der Waals surface area contributed by atoms with Crippen molar-refractivity contribution in [2.24, 2.45) is 5.16 Å². The van der Waals surface area contributed by atoms with E-state index in [9.17, 15) is 14.9 Å². The molecule has 1 saturated carbocycles. The predicted octanol–water partition coefficient (Wildman–Crippen LogP) is 3.07. The Kier molecular flexibility index (Phi) is 4.22. The highest BCUT2D eigenvalue weighted by atomic mass is 16.7. The van der Waals surface area contributed by atoms with Crippen molar-refractivity contribution in [1.82, 2.24) is 0 Å². The second kappa shape index (κ2) is 6.08. The third kappa shape index (κ3) is 3.61. The number of nitrogens with zero attached hydrogens (tertiary/aromatic N) is 2. The monoisotopic (exact) mass is 262 g/mol. The summed E-state index contributed by atoms with van der Waals surface area (Å²) in [4.78, 5) is 26.5. The molecule has 1 aliphatic rings. The van der Waals surface area contributed by atoms with Crippen LogP contribution >= 0.6 is 0 Å². The second-order valence-corrected chi connectivity index (χ2v) is 4.40. The summed E-state index contributed by atoms with van der Waals surface area (Å²) in [6, 6.07) is 5.26. The maximum atomic E-state index is 11.7. The Labute approximate surface area is 110 Å². The van der Waals surface area contributed by atoms with Gasteiger partial charge in [0, 0.05) is 12.1 Å². The smallest absolute Gasteiger partial charge is 0.313 e. The first-order valence-corrected chi connectivity index (χ1v) is 6.18. The topological polar surface area (TPSA) is 81.8 Å². The quantitative estimate of drug-likeness (QED) is 0.476. The zero-order chi connectivity index (χ0) is 13.7. The molecule has 0 heterocycles. The lowest BCUT2D eigenvalue weighted by molar-refractivity contribution is -0.384. The van der Waals surface area contributed by atoms with Gasteiger partial charge in [0.1, 0.15) is 0 Å². The third-order valence-electron chi connectivity index (χ3n) is 3.00. The molecular formula is C13H14N2O4. The summed E-state index contributed by atoms with van der Waals surface area (Å²) in [5.41, 5.74) is 1.10. The summed E-state index contributed by atoms with van der Waals surface area (Å²) < 4.78 is 0. The highest BCUT2D eigenvalue weighted by molar-refractivity contribution is 5.91. The number of nitro benzene ring substituents is 1. The Morgan fingerprint density at radius 2 is 1.79 bits per heavy atom. The van der Waals surface area contributed by atoms with Crippen LogP contribution < -0.4 is 0 Å². The van der Waals surface area contributed by atoms with Crippen molar-refractivity contribution < 1.29 is 14.6 Å². The van der Waals surface area contributed by atoms with E-state index in [-0.39, 0.29) is 11.3 Å². The molecule has 0 radical (unpaired) electrons. The predicted molar refractivity (Wildman–Crippen MR) is 69.0 cm³/mol. The molecule has 0 bridgehead atoms. The fourth-order valence-corrected chi connectivity index (χ4v) is 1.93. The summed E-state index contributed by atoms with van der Waals surface area (Å²) >= 11 is 0. The van der Waals surface area contributed by atoms with Gasteiger partial charge < -0.3 is 4.84 Å². The SMILES string of the molecule is O=C(ON=C1CCCCC1)c1ccc([N+](=O)[O-])cc1. The lowest BCUT2D eigenvalue weighted by atomic mass is 9.99. The Morgan fingerprint density at radius 1 is 1.16 bits per heavy atom. The number of nitro groups is 1. The van der Waals surface area contributed by atoms with E-state index in [1.165, 1.54) is 30.7 Å². The van der Waals surface area contributed by atoms with Crippen molar-refractivity contribution in [3.8, 4) is 0 Å². The first-order valence-electron chi connectivity index (χ1n) is 6.18. The summed E-state index contributed by atoms with van der Waals surface area (Å²) in [6.45, 7) is 0. The molecule has 6 nitrogen and oxygen atoms in total. The molecule has 0 amide bonds. The van der Waals surface area contributed by atoms with Crippen molar-refractivity contribution >= 4 is 17.4 Å². The molecule has 1 fully saturated rings. The van der Waals surface area contributed by atoms with Crippen LogP contribution in [0.1, 0.15) is 42.5 Å². The van der Waals surface area contributed by atoms with Gasteiger partial charge in [0.25, 0.3) is 5.69 Å². The average molecular weight is 262 g/mol. The Hall–Kier alpha value is -2.24. The van der Waals surface area contributed by atoms with Gasteiger partial charge in [0.05, 0.1) is 16.2 Å². The zero-order valence-electron chi connectivity index (χ0n) is 10.4. The van der Waals surface area contributed by atoms with Crippen LogP contribution in [0.25, 0.3) is 0 Å². The highest BCUT2D eigenvalue weighted by Crippen LogP contribution is 2.16. The first kappa shape index (κ1) is 13.2. The third-order valence-corrected chi connectivity index (χ3v) is 3.00. The van der Waals surface area contributed by atoms with Crippen LogP contribution in [-0.2, 0) is 4.84 Å². The Bertz CT molecular complexity index is 500. The molecule has 1 aliphatic carbocycles. The molecule has 0 atom stereocenters. The number of non-ortho nitro benzene ring substituents is 1. The molecule has 0 saturated heterocycles. The summed E-state index contributed by atoms with van der Waals surface area (Å²) in [5, 5.41) is 14.3. The average Bonchev–Trinajstić information content (AvgIpc) is 2.46. The number of carbonyl (C=O) groups is 1. The van der Waals surface area contributed by atoms with Crippen molar-refractivity contribution in [2.75, 3.05) is 0 Å². The van der Waals surface area contributed by atoms with Gasteiger partial charge in [-0.3, -0.25) is 10.1 Å². The van der Waals surface area contributed by atoms with E-state index in [4.69, 9.17) is 4.84 Å². The molecule has 0 aliphatic heterocycles. The number of benzene rings is 1. The van der Waals surface area contributed by atoms with Crippen LogP contribution in [0.3, 0.4) is 0 Å². The molecule has 0 unspecified atom stereocenters. The molecule has 1 aromatic carbocycles. The minimum absolute atomic E-state index is 0.0601. The molecular weight excluding hydrogens is 248 g/mol. The molecule has 0 aromatic heterocycles. The largest absolute Gasteiger partial charge is 0.365 e. The normalized spacial score (nSPS) is 14.8.